The van der Waals surface area contributed by atoms with E-state index in [1.807, 2.05) is 0 Å². The van der Waals surface area contributed by atoms with Gasteiger partial charge in [-0.3, -0.25) is 14.8 Å². The number of nitrogens with zero attached hydrogens (tertiary/aromatic N) is 4. The molecule has 2 heterocycles. The minimum atomic E-state index is -0.441. The van der Waals surface area contributed by atoms with Gasteiger partial charge in [0.15, 0.2) is 5.69 Å². The van der Waals surface area contributed by atoms with Crippen molar-refractivity contribution in [3.63, 3.8) is 0 Å². The van der Waals surface area contributed by atoms with Crippen molar-refractivity contribution in [2.45, 2.75) is 0 Å². The molecule has 0 aliphatic carbocycles. The molecular formula is C15H15N5O4. The number of carbonyl (C=O) groups excluding carboxylic acids is 1. The van der Waals surface area contributed by atoms with Gasteiger partial charge in [-0.15, -0.1) is 5.10 Å². The number of aryl methyl sites for hydroxylation is 1. The van der Waals surface area contributed by atoms with Crippen LogP contribution in [0.1, 0.15) is 10.5 Å². The largest absolute Gasteiger partial charge is 0.497 e. The van der Waals surface area contributed by atoms with E-state index >= 15 is 0 Å². The number of carbonyl (C=O) groups is 1. The standard InChI is InChI=1S/C15H15N5O4/c1-20-7-6-11(19-20)13(21)16-15-18-17-14(24-15)10-8-9(22-2)4-5-12(10)23-3/h4-8H,1-3H3,(H,16,18,21). The molecule has 0 spiro atoms. The normalized spacial score (nSPS) is 10.5. The van der Waals surface area contributed by atoms with E-state index in [4.69, 9.17) is 13.9 Å². The molecule has 9 heteroatoms. The molecule has 124 valence electrons. The van der Waals surface area contributed by atoms with Gasteiger partial charge < -0.3 is 13.9 Å². The quantitative estimate of drug-likeness (QED) is 0.760. The molecule has 24 heavy (non-hydrogen) atoms. The number of hydrogen-bond acceptors (Lipinski definition) is 7. The first kappa shape index (κ1) is 15.5. The van der Waals surface area contributed by atoms with Crippen molar-refractivity contribution in [1.82, 2.24) is 20.0 Å². The van der Waals surface area contributed by atoms with Gasteiger partial charge in [0, 0.05) is 13.2 Å². The van der Waals surface area contributed by atoms with Crippen LogP contribution >= 0.6 is 0 Å². The average Bonchev–Trinajstić information content (AvgIpc) is 3.23. The summed E-state index contributed by atoms with van der Waals surface area (Å²) in [4.78, 5) is 12.0. The fourth-order valence-electron chi connectivity index (χ4n) is 2.06. The average molecular weight is 329 g/mol. The van der Waals surface area contributed by atoms with E-state index in [0.717, 1.165) is 0 Å². The number of methoxy groups -OCH3 is 2. The van der Waals surface area contributed by atoms with Crippen LogP contribution in [0, 0.1) is 0 Å². The first-order valence-electron chi connectivity index (χ1n) is 6.97. The van der Waals surface area contributed by atoms with Gasteiger partial charge in [0.2, 0.25) is 0 Å². The molecule has 1 N–H and O–H groups in total. The third kappa shape index (κ3) is 3.05. The van der Waals surface area contributed by atoms with Gasteiger partial charge in [0.05, 0.1) is 19.8 Å². The number of ether oxygens (including phenoxy) is 2. The van der Waals surface area contributed by atoms with Gasteiger partial charge in [-0.05, 0) is 24.3 Å². The first-order chi connectivity index (χ1) is 11.6. The van der Waals surface area contributed by atoms with E-state index < -0.39 is 5.91 Å². The van der Waals surface area contributed by atoms with Crippen LogP contribution in [0.25, 0.3) is 11.5 Å². The highest BCUT2D eigenvalue weighted by Gasteiger charge is 2.17. The van der Waals surface area contributed by atoms with Gasteiger partial charge in [-0.25, -0.2) is 0 Å². The third-order valence-corrected chi connectivity index (χ3v) is 3.23. The Kier molecular flexibility index (Phi) is 4.15. The first-order valence-corrected chi connectivity index (χ1v) is 6.97. The zero-order valence-electron chi connectivity index (χ0n) is 13.3. The van der Waals surface area contributed by atoms with Gasteiger partial charge in [-0.1, -0.05) is 5.10 Å². The minimum Gasteiger partial charge on any atom is -0.497 e. The fraction of sp³-hybridized carbons (Fsp3) is 0.200. The molecule has 0 bridgehead atoms. The number of benzene rings is 1. The Bertz CT molecular complexity index is 870. The molecule has 9 nitrogen and oxygen atoms in total. The van der Waals surface area contributed by atoms with Crippen LogP contribution < -0.4 is 14.8 Å². The van der Waals surface area contributed by atoms with E-state index in [2.05, 4.69) is 20.6 Å². The molecule has 0 fully saturated rings. The number of hydrogen-bond donors (Lipinski definition) is 1. The van der Waals surface area contributed by atoms with Crippen LogP contribution in [0.15, 0.2) is 34.9 Å². The molecule has 0 saturated carbocycles. The highest BCUT2D eigenvalue weighted by Crippen LogP contribution is 2.33. The van der Waals surface area contributed by atoms with Crippen LogP contribution in [0.2, 0.25) is 0 Å². The molecule has 3 aromatic rings. The second-order valence-electron chi connectivity index (χ2n) is 4.81. The fourth-order valence-corrected chi connectivity index (χ4v) is 2.06. The predicted octanol–water partition coefficient (Wildman–Crippen LogP) is 1.74. The smallest absolute Gasteiger partial charge is 0.322 e. The lowest BCUT2D eigenvalue weighted by atomic mass is 10.2. The lowest BCUT2D eigenvalue weighted by Gasteiger charge is -2.07. The Morgan fingerprint density at radius 3 is 2.71 bits per heavy atom. The third-order valence-electron chi connectivity index (χ3n) is 3.23. The molecule has 0 atom stereocenters. The van der Waals surface area contributed by atoms with Crippen LogP contribution in [0.3, 0.4) is 0 Å². The summed E-state index contributed by atoms with van der Waals surface area (Å²) in [6.07, 6.45) is 1.66. The highest BCUT2D eigenvalue weighted by atomic mass is 16.5. The monoisotopic (exact) mass is 329 g/mol. The zero-order valence-corrected chi connectivity index (χ0v) is 13.3. The van der Waals surface area contributed by atoms with E-state index in [1.165, 1.54) is 11.8 Å². The van der Waals surface area contributed by atoms with E-state index in [0.29, 0.717) is 17.1 Å². The van der Waals surface area contributed by atoms with Crippen molar-refractivity contribution in [2.24, 2.45) is 7.05 Å². The number of anilines is 1. The Morgan fingerprint density at radius 2 is 2.04 bits per heavy atom. The molecular weight excluding hydrogens is 314 g/mol. The second-order valence-corrected chi connectivity index (χ2v) is 4.81. The summed E-state index contributed by atoms with van der Waals surface area (Å²) >= 11 is 0. The summed E-state index contributed by atoms with van der Waals surface area (Å²) in [5.74, 6) is 0.913. The number of nitrogens with one attached hydrogen (secondary N) is 1. The van der Waals surface area contributed by atoms with E-state index in [-0.39, 0.29) is 17.6 Å². The van der Waals surface area contributed by atoms with Crippen molar-refractivity contribution in [3.8, 4) is 23.0 Å². The van der Waals surface area contributed by atoms with Gasteiger partial charge >= 0.3 is 6.01 Å². The van der Waals surface area contributed by atoms with Gasteiger partial charge in [0.1, 0.15) is 11.5 Å². The van der Waals surface area contributed by atoms with Crippen LogP contribution in [-0.4, -0.2) is 40.1 Å². The van der Waals surface area contributed by atoms with Crippen molar-refractivity contribution in [2.75, 3.05) is 19.5 Å². The summed E-state index contributed by atoms with van der Waals surface area (Å²) < 4.78 is 17.5. The summed E-state index contributed by atoms with van der Waals surface area (Å²) in [7, 11) is 4.81. The summed E-state index contributed by atoms with van der Waals surface area (Å²) in [5, 5.41) is 14.2. The maximum Gasteiger partial charge on any atom is 0.322 e. The number of aromatic nitrogens is 4. The molecule has 3 rings (SSSR count). The molecule has 0 unspecified atom stereocenters. The summed E-state index contributed by atoms with van der Waals surface area (Å²) in [6, 6.07) is 6.73. The Morgan fingerprint density at radius 1 is 1.21 bits per heavy atom. The Balaban J connectivity index is 1.84. The van der Waals surface area contributed by atoms with Crippen LogP contribution in [-0.2, 0) is 7.05 Å². The van der Waals surface area contributed by atoms with Crippen LogP contribution in [0.4, 0.5) is 6.01 Å². The molecule has 1 amide bonds. The van der Waals surface area contributed by atoms with Crippen molar-refractivity contribution < 1.29 is 18.7 Å². The molecule has 0 saturated heterocycles. The molecule has 1 aromatic carbocycles. The number of rotatable bonds is 5. The Hall–Kier alpha value is -3.36. The second kappa shape index (κ2) is 6.41. The van der Waals surface area contributed by atoms with E-state index in [9.17, 15) is 4.79 Å². The maximum atomic E-state index is 12.0. The lowest BCUT2D eigenvalue weighted by molar-refractivity contribution is 0.101. The van der Waals surface area contributed by atoms with E-state index in [1.54, 1.807) is 44.6 Å². The number of amides is 1. The Labute approximate surface area is 137 Å². The van der Waals surface area contributed by atoms with Crippen molar-refractivity contribution in [3.05, 3.63) is 36.2 Å². The van der Waals surface area contributed by atoms with Gasteiger partial charge in [-0.2, -0.15) is 5.10 Å². The minimum absolute atomic E-state index is 0.0365. The maximum absolute atomic E-state index is 12.0. The summed E-state index contributed by atoms with van der Waals surface area (Å²) in [5.41, 5.74) is 0.805. The molecule has 0 aliphatic rings. The topological polar surface area (TPSA) is 104 Å². The molecule has 2 aromatic heterocycles. The van der Waals surface area contributed by atoms with Crippen LogP contribution in [0.5, 0.6) is 11.5 Å². The zero-order chi connectivity index (χ0) is 17.1. The van der Waals surface area contributed by atoms with Crippen molar-refractivity contribution >= 4 is 11.9 Å². The lowest BCUT2D eigenvalue weighted by Crippen LogP contribution is -2.13. The predicted molar refractivity (Wildman–Crippen MR) is 84.0 cm³/mol. The van der Waals surface area contributed by atoms with Crippen molar-refractivity contribution in [1.29, 1.82) is 0 Å². The SMILES string of the molecule is COc1ccc(OC)c(-c2nnc(NC(=O)c3ccn(C)n3)o2)c1. The molecule has 0 radical (unpaired) electrons. The highest BCUT2D eigenvalue weighted by molar-refractivity contribution is 6.01. The summed E-state index contributed by atoms with van der Waals surface area (Å²) in [6.45, 7) is 0. The molecule has 0 aliphatic heterocycles. The van der Waals surface area contributed by atoms with Gasteiger partial charge in [0.25, 0.3) is 11.8 Å².